The van der Waals surface area contributed by atoms with Gasteiger partial charge in [-0.15, -0.1) is 11.3 Å². The topological polar surface area (TPSA) is 47.9 Å². The lowest BCUT2D eigenvalue weighted by Crippen LogP contribution is -2.15. The van der Waals surface area contributed by atoms with Gasteiger partial charge in [0.2, 0.25) is 0 Å². The highest BCUT2D eigenvalue weighted by Gasteiger charge is 2.32. The van der Waals surface area contributed by atoms with Crippen LogP contribution >= 0.6 is 11.3 Å². The van der Waals surface area contributed by atoms with Crippen LogP contribution in [0, 0.1) is 0 Å². The smallest absolute Gasteiger partial charge is 0.164 e. The van der Waals surface area contributed by atoms with Crippen LogP contribution in [-0.2, 0) is 0 Å². The zero-order valence-corrected chi connectivity index (χ0v) is 27.7. The molecule has 1 aliphatic carbocycles. The number of rotatable bonds is 5. The lowest BCUT2D eigenvalue weighted by atomic mass is 9.91. The number of ether oxygens (including phenoxy) is 1. The van der Waals surface area contributed by atoms with Crippen molar-refractivity contribution in [3.63, 3.8) is 0 Å². The molecule has 10 rings (SSSR count). The molecule has 1 aliphatic heterocycles. The van der Waals surface area contributed by atoms with Crippen molar-refractivity contribution in [2.75, 3.05) is 0 Å². The Balaban J connectivity index is 1.13. The molecule has 6 aromatic carbocycles. The Morgan fingerprint density at radius 1 is 0.480 bits per heavy atom. The molecule has 0 saturated heterocycles. The summed E-state index contributed by atoms with van der Waals surface area (Å²) in [4.78, 5) is 15.3. The molecule has 8 aromatic rings. The number of allylic oxidation sites excluding steroid dienone is 2. The van der Waals surface area contributed by atoms with E-state index in [0.29, 0.717) is 17.5 Å². The van der Waals surface area contributed by atoms with Crippen LogP contribution in [0.4, 0.5) is 0 Å². The van der Waals surface area contributed by atoms with Crippen LogP contribution in [0.5, 0.6) is 5.75 Å². The van der Waals surface area contributed by atoms with Gasteiger partial charge in [0.05, 0.1) is 0 Å². The highest BCUT2D eigenvalue weighted by Crippen LogP contribution is 2.44. The fourth-order valence-corrected chi connectivity index (χ4v) is 8.33. The van der Waals surface area contributed by atoms with Crippen molar-refractivity contribution in [3.8, 4) is 62.2 Å². The molecule has 2 aliphatic rings. The van der Waals surface area contributed by atoms with Crippen molar-refractivity contribution in [3.05, 3.63) is 169 Å². The fraction of sp³-hybridized carbons (Fsp3) is 0.0444. The summed E-state index contributed by atoms with van der Waals surface area (Å²) in [6, 6.07) is 49.1. The summed E-state index contributed by atoms with van der Waals surface area (Å²) in [5.41, 5.74) is 8.80. The third-order valence-electron chi connectivity index (χ3n) is 9.68. The second-order valence-corrected chi connectivity index (χ2v) is 13.8. The second kappa shape index (κ2) is 11.8. The number of hydrogen-bond donors (Lipinski definition) is 0. The zero-order chi connectivity index (χ0) is 33.0. The van der Waals surface area contributed by atoms with E-state index in [0.717, 1.165) is 27.8 Å². The summed E-state index contributed by atoms with van der Waals surface area (Å²) in [5, 5.41) is 2.35. The van der Waals surface area contributed by atoms with Gasteiger partial charge in [-0.25, -0.2) is 15.0 Å². The molecule has 236 valence electrons. The third kappa shape index (κ3) is 4.94. The fourth-order valence-electron chi connectivity index (χ4n) is 7.22. The largest absolute Gasteiger partial charge is 0.485 e. The molecule has 2 atom stereocenters. The number of benzene rings is 6. The van der Waals surface area contributed by atoms with Gasteiger partial charge in [-0.05, 0) is 58.7 Å². The van der Waals surface area contributed by atoms with E-state index < -0.39 is 0 Å². The molecule has 0 spiro atoms. The highest BCUT2D eigenvalue weighted by molar-refractivity contribution is 7.26. The van der Waals surface area contributed by atoms with Gasteiger partial charge < -0.3 is 4.74 Å². The third-order valence-corrected chi connectivity index (χ3v) is 10.8. The van der Waals surface area contributed by atoms with E-state index in [9.17, 15) is 0 Å². The summed E-state index contributed by atoms with van der Waals surface area (Å²) in [5.74, 6) is 3.02. The maximum Gasteiger partial charge on any atom is 0.164 e. The number of nitrogens with zero attached hydrogens (tertiary/aromatic N) is 3. The first-order chi connectivity index (χ1) is 24.7. The molecule has 5 heteroatoms. The predicted molar refractivity (Wildman–Crippen MR) is 205 cm³/mol. The normalized spacial score (nSPS) is 16.0. The number of aromatic nitrogens is 3. The first-order valence-electron chi connectivity index (χ1n) is 16.8. The SMILES string of the molecule is C1=CC2Oc3cc(-c4nc(-c5ccccc5)nc(-c5cccc6sc7ccc(-c8cccc(-c9ccccc9)c8)cc7c56)n4)ccc3C2C=C1. The molecule has 0 bridgehead atoms. The van der Waals surface area contributed by atoms with Crippen LogP contribution in [0.2, 0.25) is 0 Å². The van der Waals surface area contributed by atoms with Gasteiger partial charge in [0.15, 0.2) is 17.5 Å². The Bertz CT molecular complexity index is 2640. The maximum atomic E-state index is 6.37. The van der Waals surface area contributed by atoms with Crippen LogP contribution in [-0.4, -0.2) is 21.1 Å². The Hall–Kier alpha value is -6.17. The quantitative estimate of drug-likeness (QED) is 0.184. The van der Waals surface area contributed by atoms with Crippen molar-refractivity contribution < 1.29 is 4.74 Å². The lowest BCUT2D eigenvalue weighted by Gasteiger charge is -2.13. The first-order valence-corrected chi connectivity index (χ1v) is 17.7. The van der Waals surface area contributed by atoms with Gasteiger partial charge in [-0.3, -0.25) is 0 Å². The minimum absolute atomic E-state index is 0.0224. The molecule has 0 radical (unpaired) electrons. The van der Waals surface area contributed by atoms with Gasteiger partial charge in [0.1, 0.15) is 11.9 Å². The first kappa shape index (κ1) is 28.8. The maximum absolute atomic E-state index is 6.37. The summed E-state index contributed by atoms with van der Waals surface area (Å²) in [7, 11) is 0. The average Bonchev–Trinajstić information content (AvgIpc) is 3.76. The van der Waals surface area contributed by atoms with Crippen molar-refractivity contribution >= 4 is 31.5 Å². The molecule has 3 heterocycles. The number of thiophene rings is 1. The number of hydrogen-bond acceptors (Lipinski definition) is 5. The number of fused-ring (bicyclic) bond motifs is 6. The summed E-state index contributed by atoms with van der Waals surface area (Å²) in [6.07, 6.45) is 8.50. The molecule has 0 saturated carbocycles. The molecular weight excluding hydrogens is 631 g/mol. The van der Waals surface area contributed by atoms with E-state index in [1.807, 2.05) is 18.2 Å². The van der Waals surface area contributed by atoms with E-state index in [-0.39, 0.29) is 12.0 Å². The second-order valence-electron chi connectivity index (χ2n) is 12.7. The van der Waals surface area contributed by atoms with Gasteiger partial charge in [-0.1, -0.05) is 127 Å². The average molecular weight is 660 g/mol. The van der Waals surface area contributed by atoms with E-state index in [4.69, 9.17) is 19.7 Å². The summed E-state index contributed by atoms with van der Waals surface area (Å²) < 4.78 is 8.80. The minimum Gasteiger partial charge on any atom is -0.485 e. The van der Waals surface area contributed by atoms with E-state index in [1.54, 1.807) is 11.3 Å². The Kier molecular flexibility index (Phi) is 6.78. The van der Waals surface area contributed by atoms with Gasteiger partial charge >= 0.3 is 0 Å². The highest BCUT2D eigenvalue weighted by atomic mass is 32.1. The summed E-state index contributed by atoms with van der Waals surface area (Å²) >= 11 is 1.80. The van der Waals surface area contributed by atoms with E-state index >= 15 is 0 Å². The Morgan fingerprint density at radius 2 is 1.14 bits per heavy atom. The van der Waals surface area contributed by atoms with Crippen LogP contribution in [0.3, 0.4) is 0 Å². The molecule has 0 fully saturated rings. The van der Waals surface area contributed by atoms with E-state index in [1.165, 1.54) is 42.6 Å². The Morgan fingerprint density at radius 3 is 1.98 bits per heavy atom. The summed E-state index contributed by atoms with van der Waals surface area (Å²) in [6.45, 7) is 0. The zero-order valence-electron chi connectivity index (χ0n) is 26.9. The monoisotopic (exact) mass is 659 g/mol. The van der Waals surface area contributed by atoms with Crippen molar-refractivity contribution in [2.45, 2.75) is 12.0 Å². The molecule has 4 nitrogen and oxygen atoms in total. The van der Waals surface area contributed by atoms with Crippen molar-refractivity contribution in [1.82, 2.24) is 15.0 Å². The van der Waals surface area contributed by atoms with E-state index in [2.05, 4.69) is 146 Å². The molecular formula is C45H29N3OS. The van der Waals surface area contributed by atoms with Crippen LogP contribution < -0.4 is 4.74 Å². The molecule has 2 unspecified atom stereocenters. The lowest BCUT2D eigenvalue weighted by molar-refractivity contribution is 0.269. The Labute approximate surface area is 293 Å². The predicted octanol–water partition coefficient (Wildman–Crippen LogP) is 11.5. The van der Waals surface area contributed by atoms with Crippen molar-refractivity contribution in [1.29, 1.82) is 0 Å². The molecule has 50 heavy (non-hydrogen) atoms. The van der Waals surface area contributed by atoms with Gasteiger partial charge in [0, 0.05) is 48.3 Å². The molecule has 0 N–H and O–H groups in total. The molecule has 0 amide bonds. The van der Waals surface area contributed by atoms with Crippen LogP contribution in [0.15, 0.2) is 164 Å². The molecule has 2 aromatic heterocycles. The van der Waals surface area contributed by atoms with Gasteiger partial charge in [-0.2, -0.15) is 0 Å². The van der Waals surface area contributed by atoms with Gasteiger partial charge in [0.25, 0.3) is 0 Å². The van der Waals surface area contributed by atoms with Crippen LogP contribution in [0.1, 0.15) is 11.5 Å². The van der Waals surface area contributed by atoms with Crippen molar-refractivity contribution in [2.24, 2.45) is 0 Å². The minimum atomic E-state index is 0.0224. The standard InChI is InChI=1S/C45H29N3OS/c1-3-11-28(12-4-1)30-15-9-16-31(25-30)32-22-24-40-37(26-32)42-36(18-10-20-41(42)50-40)45-47-43(29-13-5-2-6-14-29)46-44(48-45)33-21-23-35-34-17-7-8-19-38(34)49-39(35)27-33/h1-27,34,38H. The van der Waals surface area contributed by atoms with Crippen LogP contribution in [0.25, 0.3) is 76.6 Å².